The third kappa shape index (κ3) is 1.84. The molecule has 1 heterocycles. The first-order chi connectivity index (χ1) is 8.08. The van der Waals surface area contributed by atoms with Crippen molar-refractivity contribution in [1.29, 1.82) is 0 Å². The number of hydrogen-bond acceptors (Lipinski definition) is 1. The Bertz CT molecular complexity index is 574. The standard InChI is InChI=1S/C13H14Cl2N2/c1-7-5-12(7)17-11-4-3-9(15)6-10(11)16-13(17)8(2)14/h3-4,6-8,12H,5H2,1-2H3. The van der Waals surface area contributed by atoms with Gasteiger partial charge in [-0.15, -0.1) is 11.6 Å². The summed E-state index contributed by atoms with van der Waals surface area (Å²) in [7, 11) is 0. The Kier molecular flexibility index (Phi) is 2.60. The van der Waals surface area contributed by atoms with E-state index in [1.54, 1.807) is 0 Å². The summed E-state index contributed by atoms with van der Waals surface area (Å²) in [5.41, 5.74) is 2.09. The molecule has 2 aromatic rings. The van der Waals surface area contributed by atoms with Crippen molar-refractivity contribution in [3.8, 4) is 0 Å². The predicted octanol–water partition coefficient (Wildman–Crippen LogP) is 4.57. The zero-order chi connectivity index (χ0) is 12.2. The van der Waals surface area contributed by atoms with Gasteiger partial charge in [0.1, 0.15) is 5.82 Å². The van der Waals surface area contributed by atoms with Crippen molar-refractivity contribution in [3.05, 3.63) is 29.0 Å². The van der Waals surface area contributed by atoms with Gasteiger partial charge >= 0.3 is 0 Å². The number of hydrogen-bond donors (Lipinski definition) is 0. The first-order valence-corrected chi connectivity index (χ1v) is 6.71. The van der Waals surface area contributed by atoms with Gasteiger partial charge < -0.3 is 4.57 Å². The van der Waals surface area contributed by atoms with Crippen molar-refractivity contribution in [2.45, 2.75) is 31.7 Å². The van der Waals surface area contributed by atoms with E-state index in [1.165, 1.54) is 6.42 Å². The Hall–Kier alpha value is -0.730. The molecule has 0 bridgehead atoms. The molecule has 3 unspecified atom stereocenters. The van der Waals surface area contributed by atoms with E-state index in [2.05, 4.69) is 16.5 Å². The Balaban J connectivity index is 2.24. The quantitative estimate of drug-likeness (QED) is 0.730. The van der Waals surface area contributed by atoms with E-state index in [1.807, 2.05) is 25.1 Å². The maximum atomic E-state index is 6.22. The Morgan fingerprint density at radius 2 is 2.18 bits per heavy atom. The molecule has 1 saturated carbocycles. The molecule has 0 radical (unpaired) electrons. The van der Waals surface area contributed by atoms with Crippen LogP contribution in [0.3, 0.4) is 0 Å². The molecular formula is C13H14Cl2N2. The van der Waals surface area contributed by atoms with E-state index < -0.39 is 0 Å². The van der Waals surface area contributed by atoms with Gasteiger partial charge in [-0.05, 0) is 37.5 Å². The lowest BCUT2D eigenvalue weighted by molar-refractivity contribution is 0.659. The number of halogens is 2. The van der Waals surface area contributed by atoms with Gasteiger partial charge in [-0.3, -0.25) is 0 Å². The highest BCUT2D eigenvalue weighted by Gasteiger charge is 2.37. The second-order valence-electron chi connectivity index (χ2n) is 4.87. The molecule has 3 atom stereocenters. The molecule has 90 valence electrons. The van der Waals surface area contributed by atoms with Crippen LogP contribution in [0.15, 0.2) is 18.2 Å². The molecule has 1 aliphatic rings. The molecule has 17 heavy (non-hydrogen) atoms. The van der Waals surface area contributed by atoms with Gasteiger partial charge in [-0.2, -0.15) is 0 Å². The van der Waals surface area contributed by atoms with Crippen LogP contribution in [0.5, 0.6) is 0 Å². The van der Waals surface area contributed by atoms with Gasteiger partial charge in [-0.25, -0.2) is 4.98 Å². The largest absolute Gasteiger partial charge is 0.323 e. The second-order valence-corrected chi connectivity index (χ2v) is 5.96. The number of alkyl halides is 1. The van der Waals surface area contributed by atoms with Gasteiger partial charge in [0.25, 0.3) is 0 Å². The number of aromatic nitrogens is 2. The molecule has 0 aliphatic heterocycles. The second kappa shape index (κ2) is 3.89. The predicted molar refractivity (Wildman–Crippen MR) is 71.8 cm³/mol. The van der Waals surface area contributed by atoms with Crippen LogP contribution in [0.2, 0.25) is 5.02 Å². The van der Waals surface area contributed by atoms with Crippen LogP contribution in [0.25, 0.3) is 11.0 Å². The SMILES string of the molecule is CC(Cl)c1nc2cc(Cl)ccc2n1C1CC1C. The summed E-state index contributed by atoms with van der Waals surface area (Å²) in [6.45, 7) is 4.23. The highest BCUT2D eigenvalue weighted by atomic mass is 35.5. The normalized spacial score (nSPS) is 25.2. The molecule has 3 rings (SSSR count). The van der Waals surface area contributed by atoms with Crippen molar-refractivity contribution in [3.63, 3.8) is 0 Å². The summed E-state index contributed by atoms with van der Waals surface area (Å²) in [4.78, 5) is 4.62. The number of nitrogens with zero attached hydrogens (tertiary/aromatic N) is 2. The van der Waals surface area contributed by atoms with Crippen molar-refractivity contribution in [2.75, 3.05) is 0 Å². The van der Waals surface area contributed by atoms with Crippen LogP contribution in [-0.2, 0) is 0 Å². The van der Waals surface area contributed by atoms with E-state index in [4.69, 9.17) is 23.2 Å². The minimum atomic E-state index is -0.0750. The average Bonchev–Trinajstić information content (AvgIpc) is 2.86. The number of imidazole rings is 1. The highest BCUT2D eigenvalue weighted by Crippen LogP contribution is 2.46. The van der Waals surface area contributed by atoms with Crippen LogP contribution < -0.4 is 0 Å². The van der Waals surface area contributed by atoms with Crippen molar-refractivity contribution in [1.82, 2.24) is 9.55 Å². The summed E-state index contributed by atoms with van der Waals surface area (Å²) < 4.78 is 2.29. The summed E-state index contributed by atoms with van der Waals surface area (Å²) in [5.74, 6) is 1.68. The molecule has 1 aromatic heterocycles. The molecule has 0 N–H and O–H groups in total. The van der Waals surface area contributed by atoms with Crippen LogP contribution in [0.1, 0.15) is 37.5 Å². The number of benzene rings is 1. The monoisotopic (exact) mass is 268 g/mol. The summed E-state index contributed by atoms with van der Waals surface area (Å²) in [5, 5.41) is 0.647. The Labute approximate surface area is 111 Å². The summed E-state index contributed by atoms with van der Waals surface area (Å²) in [6, 6.07) is 6.41. The van der Waals surface area contributed by atoms with Crippen LogP contribution in [0, 0.1) is 5.92 Å². The molecule has 0 amide bonds. The van der Waals surface area contributed by atoms with Crippen LogP contribution in [-0.4, -0.2) is 9.55 Å². The molecule has 1 aromatic carbocycles. The fourth-order valence-electron chi connectivity index (χ4n) is 2.38. The highest BCUT2D eigenvalue weighted by molar-refractivity contribution is 6.31. The van der Waals surface area contributed by atoms with Gasteiger partial charge in [0.2, 0.25) is 0 Å². The first-order valence-electron chi connectivity index (χ1n) is 5.89. The molecule has 4 heteroatoms. The molecule has 1 fully saturated rings. The summed E-state index contributed by atoms with van der Waals surface area (Å²) >= 11 is 12.2. The third-order valence-corrected chi connectivity index (χ3v) is 3.86. The Morgan fingerprint density at radius 3 is 2.76 bits per heavy atom. The number of fused-ring (bicyclic) bond motifs is 1. The van der Waals surface area contributed by atoms with Crippen LogP contribution >= 0.6 is 23.2 Å². The lowest BCUT2D eigenvalue weighted by atomic mass is 10.3. The van der Waals surface area contributed by atoms with E-state index in [0.29, 0.717) is 6.04 Å². The molecular weight excluding hydrogens is 255 g/mol. The van der Waals surface area contributed by atoms with E-state index in [9.17, 15) is 0 Å². The third-order valence-electron chi connectivity index (χ3n) is 3.43. The smallest absolute Gasteiger partial charge is 0.127 e. The molecule has 0 spiro atoms. The number of rotatable bonds is 2. The van der Waals surface area contributed by atoms with Crippen LogP contribution in [0.4, 0.5) is 0 Å². The zero-order valence-corrected chi connectivity index (χ0v) is 11.3. The fourth-order valence-corrected chi connectivity index (χ4v) is 2.70. The van der Waals surface area contributed by atoms with Crippen molar-refractivity contribution >= 4 is 34.2 Å². The molecule has 1 aliphatic carbocycles. The average molecular weight is 269 g/mol. The van der Waals surface area contributed by atoms with Gasteiger partial charge in [-0.1, -0.05) is 18.5 Å². The van der Waals surface area contributed by atoms with E-state index in [-0.39, 0.29) is 5.38 Å². The minimum Gasteiger partial charge on any atom is -0.323 e. The molecule has 2 nitrogen and oxygen atoms in total. The van der Waals surface area contributed by atoms with E-state index >= 15 is 0 Å². The molecule has 0 saturated heterocycles. The zero-order valence-electron chi connectivity index (χ0n) is 9.82. The fraction of sp³-hybridized carbons (Fsp3) is 0.462. The van der Waals surface area contributed by atoms with Gasteiger partial charge in [0.15, 0.2) is 0 Å². The van der Waals surface area contributed by atoms with Gasteiger partial charge in [0, 0.05) is 11.1 Å². The maximum Gasteiger partial charge on any atom is 0.127 e. The summed E-state index contributed by atoms with van der Waals surface area (Å²) in [6.07, 6.45) is 1.21. The topological polar surface area (TPSA) is 17.8 Å². The Morgan fingerprint density at radius 1 is 1.47 bits per heavy atom. The lowest BCUT2D eigenvalue weighted by Crippen LogP contribution is -2.03. The van der Waals surface area contributed by atoms with Gasteiger partial charge in [0.05, 0.1) is 16.4 Å². The lowest BCUT2D eigenvalue weighted by Gasteiger charge is -2.09. The van der Waals surface area contributed by atoms with E-state index in [0.717, 1.165) is 27.8 Å². The maximum absolute atomic E-state index is 6.22. The van der Waals surface area contributed by atoms with Crippen molar-refractivity contribution < 1.29 is 0 Å². The first kappa shape index (κ1) is 11.4. The van der Waals surface area contributed by atoms with Crippen molar-refractivity contribution in [2.24, 2.45) is 5.92 Å². The minimum absolute atomic E-state index is 0.0750.